The standard InChI is InChI=1S/C16H18N2O2/c1-12-7-8-15(11-13(12)2)17-10-9-14-5-3-4-6-16(14)18(19)20/h3-8,11,17H,9-10H2,1-2H3. The summed E-state index contributed by atoms with van der Waals surface area (Å²) in [5, 5.41) is 14.2. The van der Waals surface area contributed by atoms with Crippen LogP contribution in [0.2, 0.25) is 0 Å². The number of hydrogen-bond acceptors (Lipinski definition) is 3. The van der Waals surface area contributed by atoms with E-state index in [1.165, 1.54) is 11.1 Å². The van der Waals surface area contributed by atoms with Crippen LogP contribution in [0.5, 0.6) is 0 Å². The minimum atomic E-state index is -0.328. The van der Waals surface area contributed by atoms with Crippen molar-refractivity contribution in [2.24, 2.45) is 0 Å². The largest absolute Gasteiger partial charge is 0.385 e. The molecule has 2 rings (SSSR count). The zero-order chi connectivity index (χ0) is 14.5. The van der Waals surface area contributed by atoms with Crippen LogP contribution in [0.15, 0.2) is 42.5 Å². The van der Waals surface area contributed by atoms with Crippen LogP contribution < -0.4 is 5.32 Å². The Hall–Kier alpha value is -2.36. The van der Waals surface area contributed by atoms with Crippen LogP contribution in [0.4, 0.5) is 11.4 Å². The number of aryl methyl sites for hydroxylation is 2. The molecule has 0 fully saturated rings. The molecular formula is C16H18N2O2. The van der Waals surface area contributed by atoms with Gasteiger partial charge in [-0.3, -0.25) is 10.1 Å². The highest BCUT2D eigenvalue weighted by molar-refractivity contribution is 5.48. The van der Waals surface area contributed by atoms with E-state index < -0.39 is 0 Å². The Morgan fingerprint density at radius 3 is 2.55 bits per heavy atom. The Kier molecular flexibility index (Phi) is 4.35. The monoisotopic (exact) mass is 270 g/mol. The van der Waals surface area contributed by atoms with E-state index in [2.05, 4.69) is 31.3 Å². The number of benzene rings is 2. The molecule has 0 aliphatic rings. The molecule has 0 aliphatic carbocycles. The Morgan fingerprint density at radius 1 is 1.10 bits per heavy atom. The Balaban J connectivity index is 1.99. The van der Waals surface area contributed by atoms with Gasteiger partial charge in [0.2, 0.25) is 0 Å². The summed E-state index contributed by atoms with van der Waals surface area (Å²) in [5.74, 6) is 0. The first-order valence-electron chi connectivity index (χ1n) is 6.61. The molecule has 104 valence electrons. The average molecular weight is 270 g/mol. The number of nitro benzene ring substituents is 1. The number of nitrogens with zero attached hydrogens (tertiary/aromatic N) is 1. The second-order valence-corrected chi connectivity index (χ2v) is 4.86. The van der Waals surface area contributed by atoms with Crippen molar-refractivity contribution in [1.82, 2.24) is 0 Å². The Labute approximate surface area is 118 Å². The zero-order valence-corrected chi connectivity index (χ0v) is 11.7. The summed E-state index contributed by atoms with van der Waals surface area (Å²) in [5.41, 5.74) is 4.49. The second-order valence-electron chi connectivity index (χ2n) is 4.86. The maximum atomic E-state index is 10.9. The van der Waals surface area contributed by atoms with E-state index in [9.17, 15) is 10.1 Å². The van der Waals surface area contributed by atoms with Gasteiger partial charge in [-0.2, -0.15) is 0 Å². The molecule has 0 amide bonds. The molecule has 1 N–H and O–H groups in total. The van der Waals surface area contributed by atoms with Gasteiger partial charge in [-0.15, -0.1) is 0 Å². The third-order valence-electron chi connectivity index (χ3n) is 3.42. The molecule has 0 atom stereocenters. The zero-order valence-electron chi connectivity index (χ0n) is 11.7. The van der Waals surface area contributed by atoms with E-state index >= 15 is 0 Å². The molecule has 20 heavy (non-hydrogen) atoms. The molecule has 4 heteroatoms. The fourth-order valence-electron chi connectivity index (χ4n) is 2.09. The molecule has 2 aromatic rings. The van der Waals surface area contributed by atoms with Crippen LogP contribution >= 0.6 is 0 Å². The fourth-order valence-corrected chi connectivity index (χ4v) is 2.09. The molecule has 0 radical (unpaired) electrons. The predicted molar refractivity (Wildman–Crippen MR) is 81.2 cm³/mol. The maximum Gasteiger partial charge on any atom is 0.272 e. The first-order valence-corrected chi connectivity index (χ1v) is 6.61. The van der Waals surface area contributed by atoms with Crippen molar-refractivity contribution in [3.05, 3.63) is 69.3 Å². The van der Waals surface area contributed by atoms with Gasteiger partial charge in [0.25, 0.3) is 5.69 Å². The van der Waals surface area contributed by atoms with Gasteiger partial charge in [0.1, 0.15) is 0 Å². The summed E-state index contributed by atoms with van der Waals surface area (Å²) in [4.78, 5) is 10.6. The first kappa shape index (κ1) is 14.1. The molecule has 4 nitrogen and oxygen atoms in total. The van der Waals surface area contributed by atoms with Crippen LogP contribution in [-0.2, 0) is 6.42 Å². The van der Waals surface area contributed by atoms with Gasteiger partial charge >= 0.3 is 0 Å². The van der Waals surface area contributed by atoms with Crippen molar-refractivity contribution < 1.29 is 4.92 Å². The molecule has 0 spiro atoms. The third-order valence-corrected chi connectivity index (χ3v) is 3.42. The van der Waals surface area contributed by atoms with Crippen molar-refractivity contribution in [2.45, 2.75) is 20.3 Å². The third kappa shape index (κ3) is 3.35. The molecule has 0 bridgehead atoms. The second kappa shape index (κ2) is 6.19. The van der Waals surface area contributed by atoms with E-state index in [0.717, 1.165) is 11.3 Å². The molecule has 0 heterocycles. The number of anilines is 1. The molecule has 0 aliphatic heterocycles. The molecular weight excluding hydrogens is 252 g/mol. The topological polar surface area (TPSA) is 55.2 Å². The smallest absolute Gasteiger partial charge is 0.272 e. The lowest BCUT2D eigenvalue weighted by atomic mass is 10.1. The minimum Gasteiger partial charge on any atom is -0.385 e. The van der Waals surface area contributed by atoms with Crippen LogP contribution in [0.1, 0.15) is 16.7 Å². The fraction of sp³-hybridized carbons (Fsp3) is 0.250. The van der Waals surface area contributed by atoms with Gasteiger partial charge in [0.15, 0.2) is 0 Å². The van der Waals surface area contributed by atoms with Crippen molar-refractivity contribution >= 4 is 11.4 Å². The van der Waals surface area contributed by atoms with Crippen molar-refractivity contribution in [1.29, 1.82) is 0 Å². The van der Waals surface area contributed by atoms with E-state index in [-0.39, 0.29) is 10.6 Å². The Morgan fingerprint density at radius 2 is 1.85 bits per heavy atom. The molecule has 0 saturated heterocycles. The lowest BCUT2D eigenvalue weighted by molar-refractivity contribution is -0.385. The molecule has 0 aromatic heterocycles. The lowest BCUT2D eigenvalue weighted by Gasteiger charge is -2.09. The van der Waals surface area contributed by atoms with Gasteiger partial charge in [0, 0.05) is 23.9 Å². The van der Waals surface area contributed by atoms with E-state index in [4.69, 9.17) is 0 Å². The van der Waals surface area contributed by atoms with Gasteiger partial charge in [-0.05, 0) is 43.5 Å². The molecule has 0 unspecified atom stereocenters. The summed E-state index contributed by atoms with van der Waals surface area (Å²) in [6.45, 7) is 4.82. The Bertz CT molecular complexity index is 624. The minimum absolute atomic E-state index is 0.189. The van der Waals surface area contributed by atoms with Gasteiger partial charge in [-0.1, -0.05) is 24.3 Å². The highest BCUT2D eigenvalue weighted by atomic mass is 16.6. The van der Waals surface area contributed by atoms with E-state index in [1.54, 1.807) is 18.2 Å². The van der Waals surface area contributed by atoms with Gasteiger partial charge in [-0.25, -0.2) is 0 Å². The highest BCUT2D eigenvalue weighted by Gasteiger charge is 2.11. The number of nitro groups is 1. The SMILES string of the molecule is Cc1ccc(NCCc2ccccc2[N+](=O)[O-])cc1C. The maximum absolute atomic E-state index is 10.9. The average Bonchev–Trinajstić information content (AvgIpc) is 2.43. The van der Waals surface area contributed by atoms with E-state index in [0.29, 0.717) is 13.0 Å². The number of rotatable bonds is 5. The first-order chi connectivity index (χ1) is 9.58. The molecule has 2 aromatic carbocycles. The van der Waals surface area contributed by atoms with Gasteiger partial charge in [0.05, 0.1) is 4.92 Å². The van der Waals surface area contributed by atoms with Crippen molar-refractivity contribution in [3.8, 4) is 0 Å². The summed E-state index contributed by atoms with van der Waals surface area (Å²) >= 11 is 0. The number of hydrogen-bond donors (Lipinski definition) is 1. The predicted octanol–water partition coefficient (Wildman–Crippen LogP) is 3.87. The summed E-state index contributed by atoms with van der Waals surface area (Å²) in [6, 6.07) is 13.1. The van der Waals surface area contributed by atoms with Crippen molar-refractivity contribution in [3.63, 3.8) is 0 Å². The van der Waals surface area contributed by atoms with Crippen molar-refractivity contribution in [2.75, 3.05) is 11.9 Å². The van der Waals surface area contributed by atoms with Crippen LogP contribution in [0.3, 0.4) is 0 Å². The van der Waals surface area contributed by atoms with Crippen LogP contribution in [0.25, 0.3) is 0 Å². The highest BCUT2D eigenvalue weighted by Crippen LogP contribution is 2.19. The van der Waals surface area contributed by atoms with Gasteiger partial charge < -0.3 is 5.32 Å². The van der Waals surface area contributed by atoms with Crippen LogP contribution in [-0.4, -0.2) is 11.5 Å². The summed E-state index contributed by atoms with van der Waals surface area (Å²) < 4.78 is 0. The lowest BCUT2D eigenvalue weighted by Crippen LogP contribution is -2.06. The number of para-hydroxylation sites is 1. The molecule has 0 saturated carbocycles. The summed E-state index contributed by atoms with van der Waals surface area (Å²) in [7, 11) is 0. The van der Waals surface area contributed by atoms with E-state index in [1.807, 2.05) is 12.1 Å². The number of nitrogens with one attached hydrogen (secondary N) is 1. The summed E-state index contributed by atoms with van der Waals surface area (Å²) in [6.07, 6.45) is 0.629. The quantitative estimate of drug-likeness (QED) is 0.663. The normalized spacial score (nSPS) is 10.3. The van der Waals surface area contributed by atoms with Crippen LogP contribution in [0, 0.1) is 24.0 Å².